The maximum atomic E-state index is 13.2. The molecule has 124 valence electrons. The molecule has 1 amide bonds. The van der Waals surface area contributed by atoms with Crippen LogP contribution in [0.15, 0.2) is 34.9 Å². The maximum absolute atomic E-state index is 13.2. The standard InChI is InChI=1S/C19H18BrClN2O/c1-11-4-6-22-17(8-11)18(12-2-3-12)23-7-5-14-15(19(23)24)9-13(21)10-16(14)20/h4,6,8-10,12,18H,2-3,5,7H2,1H3. The number of halogens is 2. The Bertz CT molecular complexity index is 819. The van der Waals surface area contributed by atoms with Crippen LogP contribution in [0, 0.1) is 12.8 Å². The first-order valence-corrected chi connectivity index (χ1v) is 9.43. The summed E-state index contributed by atoms with van der Waals surface area (Å²) in [6, 6.07) is 7.84. The van der Waals surface area contributed by atoms with Crippen LogP contribution in [-0.2, 0) is 6.42 Å². The van der Waals surface area contributed by atoms with Gasteiger partial charge in [0.15, 0.2) is 0 Å². The zero-order chi connectivity index (χ0) is 16.8. The Kier molecular flexibility index (Phi) is 4.13. The van der Waals surface area contributed by atoms with E-state index in [0.29, 0.717) is 10.9 Å². The second-order valence-electron chi connectivity index (χ2n) is 6.70. The Morgan fingerprint density at radius 2 is 2.12 bits per heavy atom. The minimum Gasteiger partial charge on any atom is -0.329 e. The lowest BCUT2D eigenvalue weighted by Gasteiger charge is -2.36. The minimum absolute atomic E-state index is 0.0691. The second kappa shape index (κ2) is 6.16. The van der Waals surface area contributed by atoms with Crippen LogP contribution in [0.3, 0.4) is 0 Å². The van der Waals surface area contributed by atoms with Gasteiger partial charge in [0.25, 0.3) is 5.91 Å². The van der Waals surface area contributed by atoms with E-state index in [1.54, 1.807) is 6.07 Å². The van der Waals surface area contributed by atoms with Crippen LogP contribution in [0.2, 0.25) is 5.02 Å². The zero-order valence-electron chi connectivity index (χ0n) is 13.4. The van der Waals surface area contributed by atoms with Gasteiger partial charge in [0.2, 0.25) is 0 Å². The number of aromatic nitrogens is 1. The number of pyridine rings is 1. The van der Waals surface area contributed by atoms with E-state index >= 15 is 0 Å². The molecule has 1 aromatic carbocycles. The van der Waals surface area contributed by atoms with Crippen LogP contribution in [0.25, 0.3) is 0 Å². The molecule has 0 saturated heterocycles. The van der Waals surface area contributed by atoms with Gasteiger partial charge in [-0.3, -0.25) is 9.78 Å². The first-order valence-electron chi connectivity index (χ1n) is 8.26. The van der Waals surface area contributed by atoms with Crippen molar-refractivity contribution >= 4 is 33.4 Å². The third kappa shape index (κ3) is 2.86. The number of aryl methyl sites for hydroxylation is 1. The highest BCUT2D eigenvalue weighted by molar-refractivity contribution is 9.10. The topological polar surface area (TPSA) is 33.2 Å². The third-order valence-corrected chi connectivity index (χ3v) is 5.82. The number of carbonyl (C=O) groups is 1. The van der Waals surface area contributed by atoms with Gasteiger partial charge in [-0.2, -0.15) is 0 Å². The molecule has 2 aromatic rings. The highest BCUT2D eigenvalue weighted by atomic mass is 79.9. The third-order valence-electron chi connectivity index (χ3n) is 4.90. The zero-order valence-corrected chi connectivity index (χ0v) is 15.8. The lowest BCUT2D eigenvalue weighted by molar-refractivity contribution is 0.0627. The number of amides is 1. The summed E-state index contributed by atoms with van der Waals surface area (Å²) in [4.78, 5) is 19.7. The van der Waals surface area contributed by atoms with Crippen molar-refractivity contribution in [1.82, 2.24) is 9.88 Å². The summed E-state index contributed by atoms with van der Waals surface area (Å²) in [5.41, 5.74) is 3.98. The molecule has 1 aliphatic heterocycles. The van der Waals surface area contributed by atoms with Crippen LogP contribution in [0.1, 0.15) is 46.1 Å². The lowest BCUT2D eigenvalue weighted by atomic mass is 9.95. The summed E-state index contributed by atoms with van der Waals surface area (Å²) in [5, 5.41) is 0.590. The number of carbonyl (C=O) groups excluding carboxylic acids is 1. The number of hydrogen-bond donors (Lipinski definition) is 0. The summed E-state index contributed by atoms with van der Waals surface area (Å²) < 4.78 is 0.926. The van der Waals surface area contributed by atoms with Gasteiger partial charge in [-0.05, 0) is 67.5 Å². The van der Waals surface area contributed by atoms with Gasteiger partial charge >= 0.3 is 0 Å². The van der Waals surface area contributed by atoms with Crippen LogP contribution < -0.4 is 0 Å². The molecule has 5 heteroatoms. The number of fused-ring (bicyclic) bond motifs is 1. The van der Waals surface area contributed by atoms with Crippen molar-refractivity contribution in [3.05, 3.63) is 62.3 Å². The van der Waals surface area contributed by atoms with Crippen molar-refractivity contribution in [3.63, 3.8) is 0 Å². The van der Waals surface area contributed by atoms with Crippen molar-refractivity contribution < 1.29 is 4.79 Å². The van der Waals surface area contributed by atoms with E-state index in [2.05, 4.69) is 33.9 Å². The van der Waals surface area contributed by atoms with E-state index in [1.807, 2.05) is 23.2 Å². The van der Waals surface area contributed by atoms with Crippen LogP contribution in [0.5, 0.6) is 0 Å². The highest BCUT2D eigenvalue weighted by Gasteiger charge is 2.41. The molecule has 0 bridgehead atoms. The number of hydrogen-bond acceptors (Lipinski definition) is 2. The molecule has 2 heterocycles. The fraction of sp³-hybridized carbons (Fsp3) is 0.368. The number of nitrogens with zero attached hydrogens (tertiary/aromatic N) is 2. The summed E-state index contributed by atoms with van der Waals surface area (Å²) in [6.07, 6.45) is 5.01. The SMILES string of the molecule is Cc1ccnc(C(C2CC2)N2CCc3c(Br)cc(Cl)cc3C2=O)c1. The molecule has 1 atom stereocenters. The van der Waals surface area contributed by atoms with Crippen molar-refractivity contribution in [2.45, 2.75) is 32.2 Å². The fourth-order valence-electron chi connectivity index (χ4n) is 3.59. The summed E-state index contributed by atoms with van der Waals surface area (Å²) in [5.74, 6) is 0.590. The van der Waals surface area contributed by atoms with E-state index in [9.17, 15) is 4.79 Å². The largest absolute Gasteiger partial charge is 0.329 e. The van der Waals surface area contributed by atoms with Gasteiger partial charge in [0.1, 0.15) is 0 Å². The van der Waals surface area contributed by atoms with Gasteiger partial charge in [0.05, 0.1) is 11.7 Å². The molecule has 2 aliphatic rings. The van der Waals surface area contributed by atoms with E-state index in [1.165, 1.54) is 5.56 Å². The number of rotatable bonds is 3. The van der Waals surface area contributed by atoms with E-state index in [0.717, 1.165) is 47.1 Å². The molecular weight excluding hydrogens is 388 g/mol. The molecule has 0 radical (unpaired) electrons. The highest BCUT2D eigenvalue weighted by Crippen LogP contribution is 2.46. The lowest BCUT2D eigenvalue weighted by Crippen LogP contribution is -2.41. The molecule has 1 saturated carbocycles. The van der Waals surface area contributed by atoms with Gasteiger partial charge < -0.3 is 4.90 Å². The fourth-order valence-corrected chi connectivity index (χ4v) is 4.60. The molecular formula is C19H18BrClN2O. The smallest absolute Gasteiger partial charge is 0.254 e. The van der Waals surface area contributed by atoms with Crippen molar-refractivity contribution in [2.24, 2.45) is 5.92 Å². The second-order valence-corrected chi connectivity index (χ2v) is 7.99. The Morgan fingerprint density at radius 3 is 2.83 bits per heavy atom. The average molecular weight is 406 g/mol. The minimum atomic E-state index is 0.0691. The predicted molar refractivity (Wildman–Crippen MR) is 98.3 cm³/mol. The molecule has 1 aliphatic carbocycles. The molecule has 1 aromatic heterocycles. The van der Waals surface area contributed by atoms with Gasteiger partial charge in [-0.25, -0.2) is 0 Å². The average Bonchev–Trinajstić information content (AvgIpc) is 3.35. The van der Waals surface area contributed by atoms with Crippen LogP contribution >= 0.6 is 27.5 Å². The molecule has 1 fully saturated rings. The monoisotopic (exact) mass is 404 g/mol. The Hall–Kier alpha value is -1.39. The first kappa shape index (κ1) is 16.1. The normalized spacial score (nSPS) is 18.5. The summed E-state index contributed by atoms with van der Waals surface area (Å²) >= 11 is 9.72. The van der Waals surface area contributed by atoms with Gasteiger partial charge in [0, 0.05) is 27.8 Å². The molecule has 3 nitrogen and oxygen atoms in total. The summed E-state index contributed by atoms with van der Waals surface area (Å²) in [6.45, 7) is 2.79. The van der Waals surface area contributed by atoms with Crippen molar-refractivity contribution in [1.29, 1.82) is 0 Å². The Labute approximate surface area is 155 Å². The Balaban J connectivity index is 1.74. The van der Waals surface area contributed by atoms with Crippen molar-refractivity contribution in [3.8, 4) is 0 Å². The van der Waals surface area contributed by atoms with E-state index in [4.69, 9.17) is 11.6 Å². The molecule has 4 rings (SSSR count). The van der Waals surface area contributed by atoms with Crippen LogP contribution in [0.4, 0.5) is 0 Å². The predicted octanol–water partition coefficient (Wildman–Crippen LogP) is 4.96. The number of benzene rings is 1. The van der Waals surface area contributed by atoms with Gasteiger partial charge in [-0.15, -0.1) is 0 Å². The van der Waals surface area contributed by atoms with E-state index < -0.39 is 0 Å². The molecule has 1 unspecified atom stereocenters. The van der Waals surface area contributed by atoms with Crippen LogP contribution in [-0.4, -0.2) is 22.3 Å². The molecule has 0 spiro atoms. The molecule has 0 N–H and O–H groups in total. The maximum Gasteiger partial charge on any atom is 0.254 e. The Morgan fingerprint density at radius 1 is 1.33 bits per heavy atom. The van der Waals surface area contributed by atoms with E-state index in [-0.39, 0.29) is 11.9 Å². The molecule has 24 heavy (non-hydrogen) atoms. The summed E-state index contributed by atoms with van der Waals surface area (Å²) in [7, 11) is 0. The van der Waals surface area contributed by atoms with Gasteiger partial charge in [-0.1, -0.05) is 27.5 Å². The quantitative estimate of drug-likeness (QED) is 0.723. The first-order chi connectivity index (χ1) is 11.5. The van der Waals surface area contributed by atoms with Crippen molar-refractivity contribution in [2.75, 3.05) is 6.54 Å².